The molecule has 3 heterocycles. The number of hydrogen-bond acceptors (Lipinski definition) is 4. The van der Waals surface area contributed by atoms with Gasteiger partial charge in [0.1, 0.15) is 5.82 Å². The maximum Gasteiger partial charge on any atom is 0.255 e. The van der Waals surface area contributed by atoms with Crippen molar-refractivity contribution in [3.05, 3.63) is 53.7 Å². The van der Waals surface area contributed by atoms with Crippen LogP contribution < -0.4 is 0 Å². The minimum absolute atomic E-state index is 0.0193. The van der Waals surface area contributed by atoms with E-state index in [0.29, 0.717) is 24.6 Å². The largest absolute Gasteiger partial charge is 0.329 e. The van der Waals surface area contributed by atoms with Crippen LogP contribution in [0, 0.1) is 0 Å². The molecule has 1 aromatic carbocycles. The summed E-state index contributed by atoms with van der Waals surface area (Å²) in [6.07, 6.45) is 1.70. The van der Waals surface area contributed by atoms with Crippen LogP contribution in [0.1, 0.15) is 54.7 Å². The van der Waals surface area contributed by atoms with Gasteiger partial charge in [0.15, 0.2) is 5.82 Å². The van der Waals surface area contributed by atoms with Crippen molar-refractivity contribution in [2.75, 3.05) is 6.54 Å². The lowest BCUT2D eigenvalue weighted by molar-refractivity contribution is 0.0681. The Kier molecular flexibility index (Phi) is 3.75. The van der Waals surface area contributed by atoms with Crippen molar-refractivity contribution in [1.82, 2.24) is 24.6 Å². The van der Waals surface area contributed by atoms with Crippen LogP contribution in [0.2, 0.25) is 0 Å². The second-order valence-corrected chi connectivity index (χ2v) is 6.91. The number of hydrogen-bond donors (Lipinski definition) is 0. The van der Waals surface area contributed by atoms with Gasteiger partial charge in [-0.3, -0.25) is 9.78 Å². The number of fused-ring (bicyclic) bond motifs is 2. The maximum atomic E-state index is 13.2. The highest BCUT2D eigenvalue weighted by Crippen LogP contribution is 2.27. The van der Waals surface area contributed by atoms with E-state index in [1.54, 1.807) is 12.3 Å². The van der Waals surface area contributed by atoms with Crippen LogP contribution in [-0.4, -0.2) is 37.1 Å². The summed E-state index contributed by atoms with van der Waals surface area (Å²) < 4.78 is 2.18. The van der Waals surface area contributed by atoms with Crippen LogP contribution in [0.15, 0.2) is 36.5 Å². The van der Waals surface area contributed by atoms with Gasteiger partial charge in [-0.05, 0) is 19.1 Å². The van der Waals surface area contributed by atoms with Gasteiger partial charge >= 0.3 is 0 Å². The Labute approximate surface area is 146 Å². The standard InChI is InChI=1S/C19H21N5O/c1-12(2)18-22-21-17-11-23(10-13(3)24(17)18)19(25)15-8-9-20-16-7-5-4-6-14(15)16/h4-9,12-13H,10-11H2,1-3H3/t13-/m0/s1. The van der Waals surface area contributed by atoms with E-state index in [2.05, 4.69) is 40.5 Å². The van der Waals surface area contributed by atoms with E-state index in [1.807, 2.05) is 29.2 Å². The molecule has 0 unspecified atom stereocenters. The molecule has 0 bridgehead atoms. The molecule has 6 nitrogen and oxygen atoms in total. The summed E-state index contributed by atoms with van der Waals surface area (Å²) in [5.74, 6) is 2.18. The highest BCUT2D eigenvalue weighted by molar-refractivity contribution is 6.05. The molecule has 3 aromatic rings. The van der Waals surface area contributed by atoms with Gasteiger partial charge in [-0.25, -0.2) is 0 Å². The molecule has 25 heavy (non-hydrogen) atoms. The molecule has 0 saturated carbocycles. The van der Waals surface area contributed by atoms with Crippen molar-refractivity contribution < 1.29 is 4.79 Å². The molecule has 6 heteroatoms. The Morgan fingerprint density at radius 2 is 2.00 bits per heavy atom. The van der Waals surface area contributed by atoms with E-state index in [-0.39, 0.29) is 11.9 Å². The number of benzene rings is 1. The van der Waals surface area contributed by atoms with E-state index in [1.165, 1.54) is 0 Å². The van der Waals surface area contributed by atoms with E-state index >= 15 is 0 Å². The summed E-state index contributed by atoms with van der Waals surface area (Å²) in [5, 5.41) is 9.54. The van der Waals surface area contributed by atoms with Gasteiger partial charge in [-0.2, -0.15) is 0 Å². The molecule has 0 radical (unpaired) electrons. The Morgan fingerprint density at radius 3 is 2.80 bits per heavy atom. The molecular formula is C19H21N5O. The molecule has 0 saturated heterocycles. The molecule has 0 aliphatic carbocycles. The summed E-state index contributed by atoms with van der Waals surface area (Å²) in [5.41, 5.74) is 1.53. The van der Waals surface area contributed by atoms with E-state index in [9.17, 15) is 4.79 Å². The predicted octanol–water partition coefficient (Wildman–Crippen LogP) is 3.17. The fraction of sp³-hybridized carbons (Fsp3) is 0.368. The van der Waals surface area contributed by atoms with Crippen LogP contribution in [0.25, 0.3) is 10.9 Å². The average Bonchev–Trinajstić information content (AvgIpc) is 3.05. The quantitative estimate of drug-likeness (QED) is 0.721. The summed E-state index contributed by atoms with van der Waals surface area (Å²) in [7, 11) is 0. The maximum absolute atomic E-state index is 13.2. The number of para-hydroxylation sites is 1. The summed E-state index contributed by atoms with van der Waals surface area (Å²) in [6, 6.07) is 9.70. The van der Waals surface area contributed by atoms with Crippen molar-refractivity contribution in [3.63, 3.8) is 0 Å². The summed E-state index contributed by atoms with van der Waals surface area (Å²) in [6.45, 7) is 7.48. The molecule has 0 fully saturated rings. The smallest absolute Gasteiger partial charge is 0.255 e. The first-order valence-corrected chi connectivity index (χ1v) is 8.63. The molecular weight excluding hydrogens is 314 g/mol. The number of carbonyl (C=O) groups excluding carboxylic acids is 1. The highest BCUT2D eigenvalue weighted by Gasteiger charge is 2.30. The lowest BCUT2D eigenvalue weighted by atomic mass is 10.1. The van der Waals surface area contributed by atoms with Gasteiger partial charge in [0.05, 0.1) is 23.7 Å². The fourth-order valence-corrected chi connectivity index (χ4v) is 3.56. The topological polar surface area (TPSA) is 63.9 Å². The first-order valence-electron chi connectivity index (χ1n) is 8.63. The normalized spacial score (nSPS) is 17.1. The van der Waals surface area contributed by atoms with Crippen molar-refractivity contribution in [2.45, 2.75) is 39.3 Å². The van der Waals surface area contributed by atoms with Crippen molar-refractivity contribution >= 4 is 16.8 Å². The SMILES string of the molecule is CC(C)c1nnc2n1[C@@H](C)CN(C(=O)c1ccnc3ccccc13)C2. The second kappa shape index (κ2) is 5.95. The van der Waals surface area contributed by atoms with Gasteiger partial charge in [-0.1, -0.05) is 32.0 Å². The first-order chi connectivity index (χ1) is 12.1. The minimum atomic E-state index is 0.0193. The summed E-state index contributed by atoms with van der Waals surface area (Å²) >= 11 is 0. The van der Waals surface area contributed by atoms with Crippen LogP contribution >= 0.6 is 0 Å². The monoisotopic (exact) mass is 335 g/mol. The fourth-order valence-electron chi connectivity index (χ4n) is 3.56. The first kappa shape index (κ1) is 15.7. The molecule has 0 spiro atoms. The zero-order chi connectivity index (χ0) is 17.6. The number of rotatable bonds is 2. The lowest BCUT2D eigenvalue weighted by Gasteiger charge is -2.33. The molecule has 4 rings (SSSR count). The Morgan fingerprint density at radius 1 is 1.20 bits per heavy atom. The molecule has 1 aliphatic rings. The predicted molar refractivity (Wildman–Crippen MR) is 95.3 cm³/mol. The third-order valence-electron chi connectivity index (χ3n) is 4.73. The lowest BCUT2D eigenvalue weighted by Crippen LogP contribution is -2.41. The van der Waals surface area contributed by atoms with E-state index < -0.39 is 0 Å². The van der Waals surface area contributed by atoms with Crippen molar-refractivity contribution in [2.24, 2.45) is 0 Å². The third kappa shape index (κ3) is 2.58. The van der Waals surface area contributed by atoms with E-state index in [4.69, 9.17) is 0 Å². The number of carbonyl (C=O) groups is 1. The molecule has 0 N–H and O–H groups in total. The Hall–Kier alpha value is -2.76. The molecule has 1 atom stereocenters. The number of pyridine rings is 1. The molecule has 1 aliphatic heterocycles. The number of nitrogens with zero attached hydrogens (tertiary/aromatic N) is 5. The van der Waals surface area contributed by atoms with Gasteiger partial charge in [0.2, 0.25) is 0 Å². The molecule has 128 valence electrons. The Balaban J connectivity index is 1.70. The van der Waals surface area contributed by atoms with Gasteiger partial charge in [0.25, 0.3) is 5.91 Å². The average molecular weight is 335 g/mol. The van der Waals surface area contributed by atoms with Gasteiger partial charge < -0.3 is 9.47 Å². The van der Waals surface area contributed by atoms with Gasteiger partial charge in [0, 0.05) is 24.0 Å². The summed E-state index contributed by atoms with van der Waals surface area (Å²) in [4.78, 5) is 19.4. The number of aromatic nitrogens is 4. The van der Waals surface area contributed by atoms with E-state index in [0.717, 1.165) is 22.6 Å². The van der Waals surface area contributed by atoms with Crippen LogP contribution in [-0.2, 0) is 6.54 Å². The highest BCUT2D eigenvalue weighted by atomic mass is 16.2. The molecule has 2 aromatic heterocycles. The van der Waals surface area contributed by atoms with Crippen LogP contribution in [0.3, 0.4) is 0 Å². The minimum Gasteiger partial charge on any atom is -0.329 e. The van der Waals surface area contributed by atoms with Crippen molar-refractivity contribution in [3.8, 4) is 0 Å². The Bertz CT molecular complexity index is 941. The number of amides is 1. The van der Waals surface area contributed by atoms with Crippen LogP contribution in [0.5, 0.6) is 0 Å². The molecule has 1 amide bonds. The zero-order valence-corrected chi connectivity index (χ0v) is 14.7. The third-order valence-corrected chi connectivity index (χ3v) is 4.73. The second-order valence-electron chi connectivity index (χ2n) is 6.91. The van der Waals surface area contributed by atoms with Crippen LogP contribution in [0.4, 0.5) is 0 Å². The van der Waals surface area contributed by atoms with Crippen molar-refractivity contribution in [1.29, 1.82) is 0 Å². The van der Waals surface area contributed by atoms with Gasteiger partial charge in [-0.15, -0.1) is 10.2 Å². The zero-order valence-electron chi connectivity index (χ0n) is 14.7.